The predicted octanol–water partition coefficient (Wildman–Crippen LogP) is 2.17. The predicted molar refractivity (Wildman–Crippen MR) is 69.0 cm³/mol. The summed E-state index contributed by atoms with van der Waals surface area (Å²) >= 11 is 0. The number of hydrogen-bond acceptors (Lipinski definition) is 3. The summed E-state index contributed by atoms with van der Waals surface area (Å²) in [6, 6.07) is 6.81. The molecule has 1 aromatic rings. The summed E-state index contributed by atoms with van der Waals surface area (Å²) in [5.41, 5.74) is 1.11. The Bertz CT molecular complexity index is 311. The number of rotatable bonds is 8. The third-order valence-electron chi connectivity index (χ3n) is 3.05. The molecule has 0 aliphatic heterocycles. The summed E-state index contributed by atoms with van der Waals surface area (Å²) in [4.78, 5) is 4.28. The van der Waals surface area contributed by atoms with Gasteiger partial charge in [-0.25, -0.2) is 0 Å². The van der Waals surface area contributed by atoms with Gasteiger partial charge in [0.1, 0.15) is 0 Å². The van der Waals surface area contributed by atoms with Gasteiger partial charge < -0.3 is 10.1 Å². The van der Waals surface area contributed by atoms with Gasteiger partial charge in [-0.1, -0.05) is 6.07 Å². The number of pyridine rings is 1. The molecule has 1 fully saturated rings. The van der Waals surface area contributed by atoms with E-state index in [4.69, 9.17) is 4.74 Å². The third kappa shape index (κ3) is 5.29. The second kappa shape index (κ2) is 6.72. The summed E-state index contributed by atoms with van der Waals surface area (Å²) in [5.74, 6) is 0. The van der Waals surface area contributed by atoms with E-state index in [1.54, 1.807) is 0 Å². The van der Waals surface area contributed by atoms with Crippen molar-refractivity contribution in [1.82, 2.24) is 10.3 Å². The van der Waals surface area contributed by atoms with Crippen LogP contribution >= 0.6 is 0 Å². The largest absolute Gasteiger partial charge is 0.378 e. The lowest BCUT2D eigenvalue weighted by molar-refractivity contribution is 0.0622. The Hall–Kier alpha value is -0.930. The first-order chi connectivity index (χ1) is 8.34. The molecule has 1 heterocycles. The van der Waals surface area contributed by atoms with E-state index >= 15 is 0 Å². The standard InChI is InChI=1S/C14H22N2O/c1-12(7-10-16-14-5-6-14)17-11-8-13-4-2-3-9-15-13/h2-4,9,12,14,16H,5-8,10-11H2,1H3. The van der Waals surface area contributed by atoms with Crippen LogP contribution in [0, 0.1) is 0 Å². The van der Waals surface area contributed by atoms with Gasteiger partial charge >= 0.3 is 0 Å². The summed E-state index contributed by atoms with van der Waals surface area (Å²) in [6.45, 7) is 3.99. The van der Waals surface area contributed by atoms with Crippen molar-refractivity contribution in [2.24, 2.45) is 0 Å². The Morgan fingerprint density at radius 1 is 1.47 bits per heavy atom. The second-order valence-electron chi connectivity index (χ2n) is 4.77. The quantitative estimate of drug-likeness (QED) is 0.748. The molecule has 1 atom stereocenters. The molecule has 3 heteroatoms. The molecule has 0 spiro atoms. The van der Waals surface area contributed by atoms with Gasteiger partial charge in [-0.2, -0.15) is 0 Å². The first kappa shape index (κ1) is 12.5. The molecule has 0 amide bonds. The molecule has 0 radical (unpaired) electrons. The van der Waals surface area contributed by atoms with E-state index in [-0.39, 0.29) is 0 Å². The van der Waals surface area contributed by atoms with Gasteiger partial charge in [0.2, 0.25) is 0 Å². The highest BCUT2D eigenvalue weighted by Crippen LogP contribution is 2.18. The number of hydrogen-bond donors (Lipinski definition) is 1. The Kier molecular flexibility index (Phi) is 4.95. The fourth-order valence-electron chi connectivity index (χ4n) is 1.77. The molecule has 1 aromatic heterocycles. The van der Waals surface area contributed by atoms with Crippen LogP contribution in [0.3, 0.4) is 0 Å². The molecule has 1 N–H and O–H groups in total. The Balaban J connectivity index is 1.51. The highest BCUT2D eigenvalue weighted by molar-refractivity contribution is 5.03. The zero-order valence-electron chi connectivity index (χ0n) is 10.6. The fourth-order valence-corrected chi connectivity index (χ4v) is 1.77. The van der Waals surface area contributed by atoms with Crippen LogP contribution in [-0.4, -0.2) is 30.3 Å². The molecular formula is C14H22N2O. The maximum atomic E-state index is 5.77. The van der Waals surface area contributed by atoms with Gasteiger partial charge in [-0.3, -0.25) is 4.98 Å². The Labute approximate surface area is 104 Å². The minimum atomic E-state index is 0.338. The fraction of sp³-hybridized carbons (Fsp3) is 0.643. The summed E-state index contributed by atoms with van der Waals surface area (Å²) < 4.78 is 5.77. The van der Waals surface area contributed by atoms with Crippen LogP contribution in [-0.2, 0) is 11.2 Å². The number of nitrogens with one attached hydrogen (secondary N) is 1. The van der Waals surface area contributed by atoms with Crippen molar-refractivity contribution >= 4 is 0 Å². The van der Waals surface area contributed by atoms with Crippen LogP contribution in [0.15, 0.2) is 24.4 Å². The number of nitrogens with zero attached hydrogens (tertiary/aromatic N) is 1. The van der Waals surface area contributed by atoms with Crippen LogP contribution in [0.2, 0.25) is 0 Å². The van der Waals surface area contributed by atoms with Crippen molar-refractivity contribution in [1.29, 1.82) is 0 Å². The highest BCUT2D eigenvalue weighted by Gasteiger charge is 2.19. The molecule has 2 rings (SSSR count). The van der Waals surface area contributed by atoms with Gasteiger partial charge in [0.25, 0.3) is 0 Å². The molecule has 1 unspecified atom stereocenters. The maximum Gasteiger partial charge on any atom is 0.0559 e. The lowest BCUT2D eigenvalue weighted by Crippen LogP contribution is -2.22. The van der Waals surface area contributed by atoms with Gasteiger partial charge in [0.05, 0.1) is 12.7 Å². The lowest BCUT2D eigenvalue weighted by atomic mass is 10.2. The van der Waals surface area contributed by atoms with Crippen molar-refractivity contribution in [3.63, 3.8) is 0 Å². The van der Waals surface area contributed by atoms with Crippen LogP contribution < -0.4 is 5.32 Å². The molecular weight excluding hydrogens is 212 g/mol. The van der Waals surface area contributed by atoms with E-state index in [1.807, 2.05) is 24.4 Å². The highest BCUT2D eigenvalue weighted by atomic mass is 16.5. The molecule has 1 aliphatic rings. The topological polar surface area (TPSA) is 34.1 Å². The second-order valence-corrected chi connectivity index (χ2v) is 4.77. The first-order valence-electron chi connectivity index (χ1n) is 6.59. The van der Waals surface area contributed by atoms with Gasteiger partial charge in [0, 0.05) is 24.4 Å². The molecule has 0 aromatic carbocycles. The minimum absolute atomic E-state index is 0.338. The summed E-state index contributed by atoms with van der Waals surface area (Å²) in [6.07, 6.45) is 6.88. The van der Waals surface area contributed by atoms with Gasteiger partial charge in [0.15, 0.2) is 0 Å². The van der Waals surface area contributed by atoms with Crippen molar-refractivity contribution in [3.05, 3.63) is 30.1 Å². The van der Waals surface area contributed by atoms with Crippen LogP contribution in [0.5, 0.6) is 0 Å². The van der Waals surface area contributed by atoms with E-state index in [1.165, 1.54) is 12.8 Å². The van der Waals surface area contributed by atoms with E-state index in [0.717, 1.165) is 37.7 Å². The average Bonchev–Trinajstić information content (AvgIpc) is 3.14. The van der Waals surface area contributed by atoms with Crippen LogP contribution in [0.1, 0.15) is 31.9 Å². The molecule has 0 saturated heterocycles. The van der Waals surface area contributed by atoms with E-state index in [0.29, 0.717) is 6.10 Å². The molecule has 17 heavy (non-hydrogen) atoms. The summed E-state index contributed by atoms with van der Waals surface area (Å²) in [7, 11) is 0. The maximum absolute atomic E-state index is 5.77. The van der Waals surface area contributed by atoms with Gasteiger partial charge in [-0.15, -0.1) is 0 Å². The minimum Gasteiger partial charge on any atom is -0.378 e. The van der Waals surface area contributed by atoms with Crippen molar-refractivity contribution in [2.75, 3.05) is 13.2 Å². The van der Waals surface area contributed by atoms with Crippen molar-refractivity contribution in [2.45, 2.75) is 44.8 Å². The van der Waals surface area contributed by atoms with E-state index < -0.39 is 0 Å². The molecule has 94 valence electrons. The van der Waals surface area contributed by atoms with Crippen LogP contribution in [0.4, 0.5) is 0 Å². The van der Waals surface area contributed by atoms with E-state index in [9.17, 15) is 0 Å². The van der Waals surface area contributed by atoms with Crippen molar-refractivity contribution in [3.8, 4) is 0 Å². The number of aromatic nitrogens is 1. The molecule has 3 nitrogen and oxygen atoms in total. The zero-order valence-corrected chi connectivity index (χ0v) is 10.6. The molecule has 1 aliphatic carbocycles. The monoisotopic (exact) mass is 234 g/mol. The smallest absolute Gasteiger partial charge is 0.0559 e. The third-order valence-corrected chi connectivity index (χ3v) is 3.05. The number of ether oxygens (including phenoxy) is 1. The SMILES string of the molecule is CC(CCNC1CC1)OCCc1ccccn1. The molecule has 1 saturated carbocycles. The Morgan fingerprint density at radius 2 is 2.35 bits per heavy atom. The zero-order chi connectivity index (χ0) is 11.9. The van der Waals surface area contributed by atoms with Crippen molar-refractivity contribution < 1.29 is 4.74 Å². The van der Waals surface area contributed by atoms with Gasteiger partial charge in [-0.05, 0) is 44.9 Å². The summed E-state index contributed by atoms with van der Waals surface area (Å²) in [5, 5.41) is 3.50. The van der Waals surface area contributed by atoms with Crippen LogP contribution in [0.25, 0.3) is 0 Å². The Morgan fingerprint density at radius 3 is 3.06 bits per heavy atom. The van der Waals surface area contributed by atoms with E-state index in [2.05, 4.69) is 17.2 Å². The normalized spacial score (nSPS) is 17.0. The average molecular weight is 234 g/mol. The first-order valence-corrected chi connectivity index (χ1v) is 6.59. The lowest BCUT2D eigenvalue weighted by Gasteiger charge is -2.13. The molecule has 0 bridgehead atoms.